The molecule has 0 aliphatic rings. The molecule has 0 atom stereocenters. The topological polar surface area (TPSA) is 84.5 Å². The van der Waals surface area contributed by atoms with Gasteiger partial charge in [0, 0.05) is 4.47 Å². The summed E-state index contributed by atoms with van der Waals surface area (Å²) in [5.74, 6) is -3.03. The average molecular weight is 395 g/mol. The number of amides is 2. The minimum atomic E-state index is -0.972. The summed E-state index contributed by atoms with van der Waals surface area (Å²) in [7, 11) is 0. The average Bonchev–Trinajstić information content (AvgIpc) is 2.58. The van der Waals surface area contributed by atoms with Gasteiger partial charge in [-0.3, -0.25) is 20.4 Å². The molecule has 2 aromatic carbocycles. The molecule has 0 aromatic heterocycles. The minimum absolute atomic E-state index is 0.275. The van der Waals surface area contributed by atoms with Crippen LogP contribution in [0.5, 0.6) is 0 Å². The molecule has 8 heteroatoms. The van der Waals surface area contributed by atoms with Gasteiger partial charge in [0.05, 0.1) is 11.1 Å². The number of carbonyl (C=O) groups is 3. The number of carbonyl (C=O) groups excluding carboxylic acids is 3. The van der Waals surface area contributed by atoms with Crippen molar-refractivity contribution in [3.05, 3.63) is 69.9 Å². The number of halogens is 2. The molecule has 0 bridgehead atoms. The maximum atomic E-state index is 13.4. The van der Waals surface area contributed by atoms with Crippen molar-refractivity contribution in [1.82, 2.24) is 10.9 Å². The van der Waals surface area contributed by atoms with E-state index in [2.05, 4.69) is 31.5 Å². The minimum Gasteiger partial charge on any atom is -0.452 e. The Balaban J connectivity index is 1.82. The number of esters is 1. The van der Waals surface area contributed by atoms with Crippen LogP contribution in [0.3, 0.4) is 0 Å². The molecule has 0 spiro atoms. The van der Waals surface area contributed by atoms with E-state index >= 15 is 0 Å². The van der Waals surface area contributed by atoms with Gasteiger partial charge in [0.15, 0.2) is 6.61 Å². The Morgan fingerprint density at radius 2 is 1.58 bits per heavy atom. The highest BCUT2D eigenvalue weighted by molar-refractivity contribution is 9.10. The first kappa shape index (κ1) is 17.6. The molecule has 2 N–H and O–H groups in total. The third kappa shape index (κ3) is 4.63. The van der Waals surface area contributed by atoms with Gasteiger partial charge in [-0.25, -0.2) is 9.18 Å². The van der Waals surface area contributed by atoms with Gasteiger partial charge in [-0.2, -0.15) is 0 Å². The zero-order valence-corrected chi connectivity index (χ0v) is 13.8. The van der Waals surface area contributed by atoms with Crippen LogP contribution in [0, 0.1) is 5.82 Å². The van der Waals surface area contributed by atoms with Crippen LogP contribution < -0.4 is 10.9 Å². The lowest BCUT2D eigenvalue weighted by molar-refractivity contribution is -0.125. The molecule has 0 heterocycles. The van der Waals surface area contributed by atoms with Crippen molar-refractivity contribution in [2.75, 3.05) is 6.61 Å². The molecule has 124 valence electrons. The van der Waals surface area contributed by atoms with E-state index in [9.17, 15) is 18.8 Å². The van der Waals surface area contributed by atoms with Crippen molar-refractivity contribution in [3.63, 3.8) is 0 Å². The second-order valence-corrected chi connectivity index (χ2v) is 5.39. The Labute approximate surface area is 145 Å². The highest BCUT2D eigenvalue weighted by atomic mass is 79.9. The SMILES string of the molecule is O=C(COC(=O)c1ccccc1F)NNC(=O)c1ccccc1Br. The molecule has 2 amide bonds. The lowest BCUT2D eigenvalue weighted by Crippen LogP contribution is -2.43. The van der Waals surface area contributed by atoms with Gasteiger partial charge in [0.1, 0.15) is 5.82 Å². The molecule has 0 aliphatic heterocycles. The molecule has 0 saturated heterocycles. The van der Waals surface area contributed by atoms with Gasteiger partial charge in [0.25, 0.3) is 11.8 Å². The normalized spacial score (nSPS) is 9.92. The number of hydrogen-bond donors (Lipinski definition) is 2. The number of benzene rings is 2. The molecular weight excluding hydrogens is 383 g/mol. The first-order chi connectivity index (χ1) is 11.5. The number of rotatable bonds is 4. The quantitative estimate of drug-likeness (QED) is 0.614. The summed E-state index contributed by atoms with van der Waals surface area (Å²) in [5.41, 5.74) is 4.32. The maximum Gasteiger partial charge on any atom is 0.341 e. The van der Waals surface area contributed by atoms with Crippen molar-refractivity contribution >= 4 is 33.7 Å². The molecule has 24 heavy (non-hydrogen) atoms. The summed E-state index contributed by atoms with van der Waals surface area (Å²) in [6.07, 6.45) is 0. The number of ether oxygens (including phenoxy) is 1. The van der Waals surface area contributed by atoms with Crippen LogP contribution in [0.25, 0.3) is 0 Å². The standard InChI is InChI=1S/C16H12BrFN2O4/c17-12-7-3-1-5-10(12)15(22)20-19-14(21)9-24-16(23)11-6-2-4-8-13(11)18/h1-8H,9H2,(H,19,21)(H,20,22). The van der Waals surface area contributed by atoms with E-state index in [0.717, 1.165) is 6.07 Å². The highest BCUT2D eigenvalue weighted by Gasteiger charge is 2.15. The summed E-state index contributed by atoms with van der Waals surface area (Å²) in [5, 5.41) is 0. The predicted molar refractivity (Wildman–Crippen MR) is 86.4 cm³/mol. The number of nitrogens with one attached hydrogen (secondary N) is 2. The van der Waals surface area contributed by atoms with Crippen molar-refractivity contribution in [3.8, 4) is 0 Å². The van der Waals surface area contributed by atoms with E-state index in [1.54, 1.807) is 24.3 Å². The molecule has 0 fully saturated rings. The Bertz CT molecular complexity index is 719. The largest absolute Gasteiger partial charge is 0.452 e. The van der Waals surface area contributed by atoms with Crippen molar-refractivity contribution < 1.29 is 23.5 Å². The van der Waals surface area contributed by atoms with Crippen LogP contribution in [-0.2, 0) is 9.53 Å². The molecule has 2 aromatic rings. The molecule has 0 saturated carbocycles. The Hall–Kier alpha value is -2.74. The van der Waals surface area contributed by atoms with Gasteiger partial charge in [0.2, 0.25) is 0 Å². The van der Waals surface area contributed by atoms with Gasteiger partial charge < -0.3 is 4.74 Å². The monoisotopic (exact) mass is 394 g/mol. The smallest absolute Gasteiger partial charge is 0.341 e. The maximum absolute atomic E-state index is 13.4. The molecule has 0 unspecified atom stereocenters. The van der Waals surface area contributed by atoms with Crippen LogP contribution in [0.4, 0.5) is 4.39 Å². The third-order valence-electron chi connectivity index (χ3n) is 2.86. The van der Waals surface area contributed by atoms with Crippen LogP contribution in [-0.4, -0.2) is 24.4 Å². The predicted octanol–water partition coefficient (Wildman–Crippen LogP) is 2.21. The Kier molecular flexibility index (Phi) is 6.02. The zero-order chi connectivity index (χ0) is 17.5. The molecule has 6 nitrogen and oxygen atoms in total. The Morgan fingerprint density at radius 1 is 0.958 bits per heavy atom. The van der Waals surface area contributed by atoms with Gasteiger partial charge in [-0.15, -0.1) is 0 Å². The second kappa shape index (κ2) is 8.21. The lowest BCUT2D eigenvalue weighted by atomic mass is 10.2. The van der Waals surface area contributed by atoms with Crippen molar-refractivity contribution in [2.45, 2.75) is 0 Å². The van der Waals surface area contributed by atoms with E-state index < -0.39 is 30.2 Å². The van der Waals surface area contributed by atoms with E-state index in [-0.39, 0.29) is 5.56 Å². The summed E-state index contributed by atoms with van der Waals surface area (Å²) >= 11 is 3.21. The lowest BCUT2D eigenvalue weighted by Gasteiger charge is -2.09. The summed E-state index contributed by atoms with van der Waals surface area (Å²) < 4.78 is 18.6. The molecule has 2 rings (SSSR count). The molecule has 0 aliphatic carbocycles. The van der Waals surface area contributed by atoms with Gasteiger partial charge in [-0.05, 0) is 40.2 Å². The molecular formula is C16H12BrFN2O4. The molecule has 0 radical (unpaired) electrons. The van der Waals surface area contributed by atoms with Crippen LogP contribution in [0.1, 0.15) is 20.7 Å². The number of hydrazine groups is 1. The second-order valence-electron chi connectivity index (χ2n) is 4.54. The third-order valence-corrected chi connectivity index (χ3v) is 3.55. The summed E-state index contributed by atoms with van der Waals surface area (Å²) in [6, 6.07) is 11.9. The van der Waals surface area contributed by atoms with Gasteiger partial charge in [-0.1, -0.05) is 24.3 Å². The summed E-state index contributed by atoms with van der Waals surface area (Å²) in [4.78, 5) is 35.1. The Morgan fingerprint density at radius 3 is 2.25 bits per heavy atom. The fourth-order valence-electron chi connectivity index (χ4n) is 1.71. The van der Waals surface area contributed by atoms with E-state index in [1.807, 2.05) is 0 Å². The van der Waals surface area contributed by atoms with E-state index in [4.69, 9.17) is 0 Å². The first-order valence-electron chi connectivity index (χ1n) is 6.74. The summed E-state index contributed by atoms with van der Waals surface area (Å²) in [6.45, 7) is -0.663. The fraction of sp³-hybridized carbons (Fsp3) is 0.0625. The van der Waals surface area contributed by atoms with Crippen molar-refractivity contribution in [2.24, 2.45) is 0 Å². The van der Waals surface area contributed by atoms with E-state index in [0.29, 0.717) is 10.0 Å². The van der Waals surface area contributed by atoms with Crippen LogP contribution in [0.15, 0.2) is 53.0 Å². The van der Waals surface area contributed by atoms with Crippen LogP contribution in [0.2, 0.25) is 0 Å². The highest BCUT2D eigenvalue weighted by Crippen LogP contribution is 2.15. The van der Waals surface area contributed by atoms with E-state index in [1.165, 1.54) is 18.2 Å². The zero-order valence-electron chi connectivity index (χ0n) is 12.2. The van der Waals surface area contributed by atoms with Crippen LogP contribution >= 0.6 is 15.9 Å². The first-order valence-corrected chi connectivity index (χ1v) is 7.53. The van der Waals surface area contributed by atoms with Crippen molar-refractivity contribution in [1.29, 1.82) is 0 Å². The number of hydrogen-bond acceptors (Lipinski definition) is 4. The van der Waals surface area contributed by atoms with Gasteiger partial charge >= 0.3 is 5.97 Å². The fourth-order valence-corrected chi connectivity index (χ4v) is 2.18.